The van der Waals surface area contributed by atoms with Crippen molar-refractivity contribution in [2.45, 2.75) is 32.0 Å². The molecule has 3 rings (SSSR count). The van der Waals surface area contributed by atoms with Gasteiger partial charge in [-0.2, -0.15) is 0 Å². The topological polar surface area (TPSA) is 96.2 Å². The first kappa shape index (κ1) is 15.4. The number of carbonyl (C=O) groups is 1. The number of carbonyl (C=O) groups excluding carboxylic acids is 1. The molecule has 0 aromatic carbocycles. The number of anilines is 1. The maximum atomic E-state index is 12.6. The molecule has 1 saturated heterocycles. The van der Waals surface area contributed by atoms with Gasteiger partial charge in [-0.1, -0.05) is 5.21 Å². The van der Waals surface area contributed by atoms with Gasteiger partial charge in [0.2, 0.25) is 5.91 Å². The number of amides is 1. The van der Waals surface area contributed by atoms with Crippen LogP contribution in [-0.4, -0.2) is 49.5 Å². The molecule has 8 heteroatoms. The Morgan fingerprint density at radius 2 is 2.39 bits per heavy atom. The molecule has 3 heterocycles. The number of rotatable bonds is 5. The van der Waals surface area contributed by atoms with E-state index in [2.05, 4.69) is 20.6 Å². The molecule has 0 aliphatic carbocycles. The van der Waals surface area contributed by atoms with Crippen LogP contribution in [0.1, 0.15) is 30.1 Å². The third-order valence-corrected chi connectivity index (χ3v) is 4.04. The molecule has 8 nitrogen and oxygen atoms in total. The van der Waals surface area contributed by atoms with Crippen LogP contribution >= 0.6 is 0 Å². The summed E-state index contributed by atoms with van der Waals surface area (Å²) in [5.74, 6) is 0.801. The summed E-state index contributed by atoms with van der Waals surface area (Å²) in [4.78, 5) is 18.7. The fourth-order valence-corrected chi connectivity index (χ4v) is 2.92. The number of aromatic nitrogens is 4. The molecule has 1 atom stereocenters. The molecule has 1 aliphatic heterocycles. The summed E-state index contributed by atoms with van der Waals surface area (Å²) in [6, 6.07) is 4.00. The Morgan fingerprint density at radius 3 is 3.13 bits per heavy atom. The van der Waals surface area contributed by atoms with Crippen molar-refractivity contribution < 1.29 is 9.90 Å². The van der Waals surface area contributed by atoms with E-state index in [1.165, 1.54) is 4.68 Å². The molecule has 1 amide bonds. The number of nitrogens with zero attached hydrogens (tertiary/aromatic N) is 5. The maximum Gasteiger partial charge on any atom is 0.244 e. The molecule has 0 bridgehead atoms. The van der Waals surface area contributed by atoms with E-state index in [9.17, 15) is 4.79 Å². The van der Waals surface area contributed by atoms with Gasteiger partial charge in [-0.3, -0.25) is 4.79 Å². The molecule has 23 heavy (non-hydrogen) atoms. The third kappa shape index (κ3) is 3.31. The molecular weight excluding hydrogens is 296 g/mol. The van der Waals surface area contributed by atoms with Gasteiger partial charge in [-0.15, -0.1) is 5.10 Å². The van der Waals surface area contributed by atoms with E-state index in [0.717, 1.165) is 30.8 Å². The van der Waals surface area contributed by atoms with E-state index in [0.29, 0.717) is 5.69 Å². The van der Waals surface area contributed by atoms with Crippen molar-refractivity contribution in [1.29, 1.82) is 0 Å². The van der Waals surface area contributed by atoms with Gasteiger partial charge in [-0.25, -0.2) is 9.67 Å². The van der Waals surface area contributed by atoms with Crippen molar-refractivity contribution in [3.05, 3.63) is 35.8 Å². The average molecular weight is 316 g/mol. The van der Waals surface area contributed by atoms with Crippen LogP contribution in [0.3, 0.4) is 0 Å². The van der Waals surface area contributed by atoms with Crippen molar-refractivity contribution in [3.63, 3.8) is 0 Å². The second-order valence-electron chi connectivity index (χ2n) is 5.54. The summed E-state index contributed by atoms with van der Waals surface area (Å²) in [6.07, 6.45) is 5.27. The molecule has 2 aromatic heterocycles. The molecule has 122 valence electrons. The largest absolute Gasteiger partial charge is 0.390 e. The Labute approximate surface area is 134 Å². The summed E-state index contributed by atoms with van der Waals surface area (Å²) >= 11 is 0. The molecule has 0 spiro atoms. The highest BCUT2D eigenvalue weighted by Gasteiger charge is 2.30. The highest BCUT2D eigenvalue weighted by molar-refractivity contribution is 5.76. The summed E-state index contributed by atoms with van der Waals surface area (Å²) in [7, 11) is 1.83. The molecule has 2 aromatic rings. The van der Waals surface area contributed by atoms with E-state index < -0.39 is 0 Å². The van der Waals surface area contributed by atoms with E-state index in [1.807, 2.05) is 24.1 Å². The highest BCUT2D eigenvalue weighted by Crippen LogP contribution is 2.32. The van der Waals surface area contributed by atoms with E-state index in [1.54, 1.807) is 12.4 Å². The second-order valence-corrected chi connectivity index (χ2v) is 5.54. The van der Waals surface area contributed by atoms with E-state index in [-0.39, 0.29) is 25.1 Å². The predicted molar refractivity (Wildman–Crippen MR) is 83.4 cm³/mol. The van der Waals surface area contributed by atoms with Gasteiger partial charge in [0.25, 0.3) is 0 Å². The van der Waals surface area contributed by atoms with Gasteiger partial charge >= 0.3 is 0 Å². The van der Waals surface area contributed by atoms with Crippen LogP contribution in [0.25, 0.3) is 0 Å². The average Bonchev–Trinajstić information content (AvgIpc) is 3.23. The van der Waals surface area contributed by atoms with Crippen LogP contribution in [0.5, 0.6) is 0 Å². The zero-order valence-electron chi connectivity index (χ0n) is 13.0. The first-order valence-corrected chi connectivity index (χ1v) is 7.64. The first-order valence-electron chi connectivity index (χ1n) is 7.64. The number of hydrogen-bond donors (Lipinski definition) is 2. The fraction of sp³-hybridized carbons (Fsp3) is 0.467. The van der Waals surface area contributed by atoms with Crippen LogP contribution in [0.2, 0.25) is 0 Å². The molecule has 0 saturated carbocycles. The first-order chi connectivity index (χ1) is 11.2. The molecule has 1 aliphatic rings. The number of pyridine rings is 1. The SMILES string of the molecule is CNc1cc([C@@H]2CCCN2C(=O)Cn2cc(CO)nn2)ccn1. The van der Waals surface area contributed by atoms with Crippen LogP contribution in [0, 0.1) is 0 Å². The summed E-state index contributed by atoms with van der Waals surface area (Å²) in [6.45, 7) is 0.695. The van der Waals surface area contributed by atoms with E-state index in [4.69, 9.17) is 5.11 Å². The van der Waals surface area contributed by atoms with Gasteiger partial charge in [0.05, 0.1) is 18.8 Å². The number of aliphatic hydroxyl groups excluding tert-OH is 1. The lowest BCUT2D eigenvalue weighted by Crippen LogP contribution is -2.33. The fourth-order valence-electron chi connectivity index (χ4n) is 2.92. The number of hydrogen-bond acceptors (Lipinski definition) is 6. The zero-order chi connectivity index (χ0) is 16.2. The minimum absolute atomic E-state index is 0.00436. The number of likely N-dealkylation sites (tertiary alicyclic amines) is 1. The van der Waals surface area contributed by atoms with Gasteiger partial charge in [0, 0.05) is 19.8 Å². The second kappa shape index (κ2) is 6.74. The normalized spacial score (nSPS) is 17.5. The lowest BCUT2D eigenvalue weighted by Gasteiger charge is -2.25. The quantitative estimate of drug-likeness (QED) is 0.837. The minimum atomic E-state index is -0.176. The predicted octanol–water partition coefficient (Wildman–Crippen LogP) is 0.571. The van der Waals surface area contributed by atoms with Crippen LogP contribution in [0.4, 0.5) is 5.82 Å². The van der Waals surface area contributed by atoms with Gasteiger partial charge in [-0.05, 0) is 30.5 Å². The number of nitrogens with one attached hydrogen (secondary N) is 1. The van der Waals surface area contributed by atoms with Crippen molar-refractivity contribution >= 4 is 11.7 Å². The molecule has 0 radical (unpaired) electrons. The van der Waals surface area contributed by atoms with Crippen LogP contribution in [0.15, 0.2) is 24.5 Å². The summed E-state index contributed by atoms with van der Waals surface area (Å²) in [5.41, 5.74) is 1.55. The van der Waals surface area contributed by atoms with Crippen molar-refractivity contribution in [2.24, 2.45) is 0 Å². The van der Waals surface area contributed by atoms with Crippen molar-refractivity contribution in [1.82, 2.24) is 24.9 Å². The Balaban J connectivity index is 1.73. The van der Waals surface area contributed by atoms with Gasteiger partial charge < -0.3 is 15.3 Å². The number of aliphatic hydroxyl groups is 1. The monoisotopic (exact) mass is 316 g/mol. The Bertz CT molecular complexity index is 686. The molecule has 2 N–H and O–H groups in total. The highest BCUT2D eigenvalue weighted by atomic mass is 16.3. The van der Waals surface area contributed by atoms with Crippen molar-refractivity contribution in [2.75, 3.05) is 18.9 Å². The Hall–Kier alpha value is -2.48. The third-order valence-electron chi connectivity index (χ3n) is 4.04. The van der Waals surface area contributed by atoms with Crippen LogP contribution in [-0.2, 0) is 17.9 Å². The zero-order valence-corrected chi connectivity index (χ0v) is 13.0. The maximum absolute atomic E-state index is 12.6. The summed E-state index contributed by atoms with van der Waals surface area (Å²) < 4.78 is 1.47. The van der Waals surface area contributed by atoms with Gasteiger partial charge in [0.15, 0.2) is 0 Å². The minimum Gasteiger partial charge on any atom is -0.390 e. The molecule has 1 fully saturated rings. The molecule has 0 unspecified atom stereocenters. The van der Waals surface area contributed by atoms with Crippen molar-refractivity contribution in [3.8, 4) is 0 Å². The Morgan fingerprint density at radius 1 is 1.52 bits per heavy atom. The smallest absolute Gasteiger partial charge is 0.244 e. The lowest BCUT2D eigenvalue weighted by atomic mass is 10.1. The lowest BCUT2D eigenvalue weighted by molar-refractivity contribution is -0.133. The van der Waals surface area contributed by atoms with Crippen LogP contribution < -0.4 is 5.32 Å². The molecular formula is C15H20N6O2. The summed E-state index contributed by atoms with van der Waals surface area (Å²) in [5, 5.41) is 19.7. The Kier molecular flexibility index (Phi) is 4.52. The standard InChI is InChI=1S/C15H20N6O2/c1-16-14-7-11(4-5-17-14)13-3-2-6-21(13)15(23)9-20-8-12(10-22)18-19-20/h4-5,7-8,13,22H,2-3,6,9-10H2,1H3,(H,16,17)/t13-/m0/s1. The van der Waals surface area contributed by atoms with Gasteiger partial charge in [0.1, 0.15) is 18.1 Å². The van der Waals surface area contributed by atoms with E-state index >= 15 is 0 Å².